The second kappa shape index (κ2) is 8.54. The van der Waals surface area contributed by atoms with Gasteiger partial charge in [-0.25, -0.2) is 9.78 Å². The van der Waals surface area contributed by atoms with Crippen LogP contribution in [0.1, 0.15) is 37.2 Å². The van der Waals surface area contributed by atoms with Crippen LogP contribution in [-0.4, -0.2) is 27.7 Å². The molecule has 0 saturated heterocycles. The molecule has 0 amide bonds. The van der Waals surface area contributed by atoms with Crippen molar-refractivity contribution in [3.05, 3.63) is 65.5 Å². The maximum atomic E-state index is 10.6. The van der Waals surface area contributed by atoms with Gasteiger partial charge in [0.05, 0.1) is 17.6 Å². The van der Waals surface area contributed by atoms with Gasteiger partial charge in [-0.2, -0.15) is 0 Å². The Labute approximate surface area is 158 Å². The van der Waals surface area contributed by atoms with Crippen LogP contribution in [0.15, 0.2) is 48.5 Å². The maximum absolute atomic E-state index is 10.6. The zero-order valence-electron chi connectivity index (χ0n) is 15.6. The van der Waals surface area contributed by atoms with E-state index in [1.165, 1.54) is 0 Å². The minimum absolute atomic E-state index is 0.624. The van der Waals surface area contributed by atoms with Gasteiger partial charge >= 0.3 is 5.97 Å². The molecule has 27 heavy (non-hydrogen) atoms. The lowest BCUT2D eigenvalue weighted by Crippen LogP contribution is -2.01. The van der Waals surface area contributed by atoms with Crippen molar-refractivity contribution in [1.29, 1.82) is 0 Å². The van der Waals surface area contributed by atoms with Crippen molar-refractivity contribution in [2.24, 2.45) is 5.92 Å². The molecule has 2 N–H and O–H groups in total. The Bertz CT molecular complexity index is 940. The van der Waals surface area contributed by atoms with E-state index in [9.17, 15) is 4.79 Å². The summed E-state index contributed by atoms with van der Waals surface area (Å²) in [6.45, 7) is 5.08. The molecule has 0 atom stereocenters. The van der Waals surface area contributed by atoms with Crippen molar-refractivity contribution in [2.45, 2.75) is 26.7 Å². The summed E-state index contributed by atoms with van der Waals surface area (Å²) in [4.78, 5) is 18.6. The molecule has 1 aromatic heterocycles. The number of nitrogens with one attached hydrogen (secondary N) is 1. The fraction of sp³-hybridized carbons (Fsp3) is 0.273. The second-order valence-electron chi connectivity index (χ2n) is 6.98. The third kappa shape index (κ3) is 5.45. The predicted octanol–water partition coefficient (Wildman–Crippen LogP) is 4.68. The highest BCUT2D eigenvalue weighted by atomic mass is 16.5. The van der Waals surface area contributed by atoms with Crippen molar-refractivity contribution < 1.29 is 14.6 Å². The summed E-state index contributed by atoms with van der Waals surface area (Å²) in [7, 11) is 0. The quantitative estimate of drug-likeness (QED) is 0.569. The molecule has 3 aromatic rings. The lowest BCUT2D eigenvalue weighted by atomic mass is 10.1. The van der Waals surface area contributed by atoms with E-state index >= 15 is 0 Å². The van der Waals surface area contributed by atoms with Gasteiger partial charge in [0.15, 0.2) is 0 Å². The van der Waals surface area contributed by atoms with Gasteiger partial charge in [-0.1, -0.05) is 38.1 Å². The Hall–Kier alpha value is -3.08. The number of ether oxygens (including phenoxy) is 1. The molecule has 0 radical (unpaired) electrons. The van der Waals surface area contributed by atoms with E-state index in [2.05, 4.69) is 23.8 Å². The van der Waals surface area contributed by atoms with Crippen molar-refractivity contribution in [3.63, 3.8) is 0 Å². The summed E-state index contributed by atoms with van der Waals surface area (Å²) in [5.74, 6) is 1.42. The van der Waals surface area contributed by atoms with Gasteiger partial charge in [0.1, 0.15) is 11.6 Å². The van der Waals surface area contributed by atoms with Crippen LogP contribution < -0.4 is 4.74 Å². The SMILES string of the molecule is CC(C)CCOc1ccc2nc(Cc3ccc(C=CC(=O)O)cc3)[nH]c2c1. The zero-order valence-corrected chi connectivity index (χ0v) is 15.6. The average molecular weight is 364 g/mol. The topological polar surface area (TPSA) is 75.2 Å². The lowest BCUT2D eigenvalue weighted by Gasteiger charge is -2.07. The fourth-order valence-electron chi connectivity index (χ4n) is 2.74. The molecule has 0 spiro atoms. The molecule has 0 unspecified atom stereocenters. The number of nitrogens with zero attached hydrogens (tertiary/aromatic N) is 1. The Balaban J connectivity index is 1.67. The molecule has 0 aliphatic carbocycles. The van der Waals surface area contributed by atoms with Gasteiger partial charge in [0.25, 0.3) is 0 Å². The Morgan fingerprint density at radius 2 is 2.00 bits per heavy atom. The van der Waals surface area contributed by atoms with Gasteiger partial charge in [0, 0.05) is 18.6 Å². The van der Waals surface area contributed by atoms with Crippen LogP contribution in [-0.2, 0) is 11.2 Å². The first kappa shape index (κ1) is 18.7. The molecule has 0 bridgehead atoms. The standard InChI is InChI=1S/C22H24N2O3/c1-15(2)11-12-27-18-8-9-19-20(14-18)24-21(23-19)13-17-5-3-16(4-6-17)7-10-22(25)26/h3-10,14-15H,11-13H2,1-2H3,(H,23,24)(H,25,26). The summed E-state index contributed by atoms with van der Waals surface area (Å²) in [6, 6.07) is 13.7. The molecular formula is C22H24N2O3. The van der Waals surface area contributed by atoms with Crippen LogP contribution >= 0.6 is 0 Å². The van der Waals surface area contributed by atoms with E-state index in [0.29, 0.717) is 18.9 Å². The summed E-state index contributed by atoms with van der Waals surface area (Å²) in [5, 5.41) is 8.68. The molecule has 2 aromatic carbocycles. The highest BCUT2D eigenvalue weighted by molar-refractivity contribution is 5.85. The van der Waals surface area contributed by atoms with Crippen LogP contribution in [0.2, 0.25) is 0 Å². The Morgan fingerprint density at radius 1 is 1.22 bits per heavy atom. The zero-order chi connectivity index (χ0) is 19.2. The summed E-state index contributed by atoms with van der Waals surface area (Å²) < 4.78 is 5.81. The second-order valence-corrected chi connectivity index (χ2v) is 6.98. The fourth-order valence-corrected chi connectivity index (χ4v) is 2.74. The molecule has 5 heteroatoms. The first-order valence-corrected chi connectivity index (χ1v) is 9.11. The van der Waals surface area contributed by atoms with Gasteiger partial charge in [-0.15, -0.1) is 0 Å². The average Bonchev–Trinajstić information content (AvgIpc) is 3.02. The van der Waals surface area contributed by atoms with Gasteiger partial charge in [-0.3, -0.25) is 0 Å². The third-order valence-corrected chi connectivity index (χ3v) is 4.24. The van der Waals surface area contributed by atoms with E-state index in [1.54, 1.807) is 6.08 Å². The van der Waals surface area contributed by atoms with E-state index < -0.39 is 5.97 Å². The number of aliphatic carboxylic acids is 1. The smallest absolute Gasteiger partial charge is 0.328 e. The van der Waals surface area contributed by atoms with Gasteiger partial charge in [-0.05, 0) is 41.7 Å². The lowest BCUT2D eigenvalue weighted by molar-refractivity contribution is -0.131. The number of aromatic nitrogens is 2. The molecule has 0 aliphatic rings. The molecule has 0 saturated carbocycles. The van der Waals surface area contributed by atoms with E-state index in [4.69, 9.17) is 9.84 Å². The number of hydrogen-bond donors (Lipinski definition) is 2. The highest BCUT2D eigenvalue weighted by Gasteiger charge is 2.06. The monoisotopic (exact) mass is 364 g/mol. The van der Waals surface area contributed by atoms with Crippen LogP contribution in [0.4, 0.5) is 0 Å². The minimum atomic E-state index is -0.950. The first-order chi connectivity index (χ1) is 13.0. The van der Waals surface area contributed by atoms with Crippen LogP contribution in [0.25, 0.3) is 17.1 Å². The molecular weight excluding hydrogens is 340 g/mol. The summed E-state index contributed by atoms with van der Waals surface area (Å²) >= 11 is 0. The number of H-pyrrole nitrogens is 1. The predicted molar refractivity (Wildman–Crippen MR) is 107 cm³/mol. The van der Waals surface area contributed by atoms with Gasteiger partial charge < -0.3 is 14.8 Å². The third-order valence-electron chi connectivity index (χ3n) is 4.24. The molecule has 140 valence electrons. The number of rotatable bonds is 8. The summed E-state index contributed by atoms with van der Waals surface area (Å²) in [5.41, 5.74) is 3.85. The number of fused-ring (bicyclic) bond motifs is 1. The molecule has 0 fully saturated rings. The van der Waals surface area contributed by atoms with Crippen molar-refractivity contribution in [3.8, 4) is 5.75 Å². The maximum Gasteiger partial charge on any atom is 0.328 e. The summed E-state index contributed by atoms with van der Waals surface area (Å²) in [6.07, 6.45) is 4.42. The van der Waals surface area contributed by atoms with Crippen molar-refractivity contribution in [2.75, 3.05) is 6.61 Å². The van der Waals surface area contributed by atoms with E-state index in [0.717, 1.165) is 46.2 Å². The molecule has 3 rings (SSSR count). The minimum Gasteiger partial charge on any atom is -0.494 e. The van der Waals surface area contributed by atoms with Crippen molar-refractivity contribution >= 4 is 23.1 Å². The number of carbonyl (C=O) groups is 1. The van der Waals surface area contributed by atoms with Gasteiger partial charge in [0.2, 0.25) is 0 Å². The van der Waals surface area contributed by atoms with E-state index in [1.807, 2.05) is 42.5 Å². The molecule has 0 aliphatic heterocycles. The molecule has 1 heterocycles. The normalized spacial score (nSPS) is 11.5. The number of hydrogen-bond acceptors (Lipinski definition) is 3. The number of aromatic amines is 1. The number of carboxylic acids is 1. The van der Waals surface area contributed by atoms with Crippen LogP contribution in [0.5, 0.6) is 5.75 Å². The first-order valence-electron chi connectivity index (χ1n) is 9.11. The van der Waals surface area contributed by atoms with Crippen LogP contribution in [0, 0.1) is 5.92 Å². The van der Waals surface area contributed by atoms with Crippen molar-refractivity contribution in [1.82, 2.24) is 9.97 Å². The Morgan fingerprint density at radius 3 is 2.70 bits per heavy atom. The number of carboxylic acid groups (broad SMARTS) is 1. The highest BCUT2D eigenvalue weighted by Crippen LogP contribution is 2.21. The van der Waals surface area contributed by atoms with Crippen LogP contribution in [0.3, 0.4) is 0 Å². The number of imidazole rings is 1. The number of benzene rings is 2. The molecule has 5 nitrogen and oxygen atoms in total. The largest absolute Gasteiger partial charge is 0.494 e. The Kier molecular flexibility index (Phi) is 5.91. The van der Waals surface area contributed by atoms with E-state index in [-0.39, 0.29) is 0 Å².